The number of halogens is 2. The first kappa shape index (κ1) is 12.2. The molecule has 0 heterocycles. The molecule has 6 heteroatoms. The Bertz CT molecular complexity index is 196. The minimum atomic E-state index is -0.989. The van der Waals surface area contributed by atoms with Crippen molar-refractivity contribution in [2.75, 3.05) is 5.33 Å². The third-order valence-electron chi connectivity index (χ3n) is 1.16. The summed E-state index contributed by atoms with van der Waals surface area (Å²) in [5.74, 6) is -0.742. The highest BCUT2D eigenvalue weighted by molar-refractivity contribution is 14.1. The van der Waals surface area contributed by atoms with E-state index in [1.807, 2.05) is 0 Å². The first-order chi connectivity index (χ1) is 5.40. The number of rotatable bonds is 4. The van der Waals surface area contributed by atoms with E-state index in [0.717, 1.165) is 0 Å². The molecule has 1 unspecified atom stereocenters. The second-order valence-electron chi connectivity index (χ2n) is 2.35. The van der Waals surface area contributed by atoms with Crippen LogP contribution in [0.25, 0.3) is 0 Å². The molecule has 0 spiro atoms. The summed E-state index contributed by atoms with van der Waals surface area (Å²) >= 11 is 4.91. The van der Waals surface area contributed by atoms with E-state index >= 15 is 0 Å². The molecule has 0 saturated carbocycles. The number of nitrogens with one attached hydrogen (secondary N) is 1. The number of alkyl halides is 2. The highest BCUT2D eigenvalue weighted by Crippen LogP contribution is 2.12. The van der Waals surface area contributed by atoms with Crippen molar-refractivity contribution in [2.24, 2.45) is 5.73 Å². The van der Waals surface area contributed by atoms with Crippen LogP contribution in [-0.2, 0) is 9.59 Å². The van der Waals surface area contributed by atoms with E-state index in [1.54, 1.807) is 29.5 Å². The molecular formula is C6H10BrIN2O2. The third kappa shape index (κ3) is 4.24. The van der Waals surface area contributed by atoms with Gasteiger partial charge >= 0.3 is 0 Å². The van der Waals surface area contributed by atoms with Gasteiger partial charge in [0, 0.05) is 11.8 Å². The highest BCUT2D eigenvalue weighted by atomic mass is 127. The Morgan fingerprint density at radius 2 is 2.17 bits per heavy atom. The highest BCUT2D eigenvalue weighted by Gasteiger charge is 2.28. The van der Waals surface area contributed by atoms with Crippen molar-refractivity contribution < 1.29 is 9.59 Å². The second kappa shape index (κ2) is 5.00. The van der Waals surface area contributed by atoms with E-state index in [2.05, 4.69) is 21.2 Å². The molecule has 3 N–H and O–H groups in total. The van der Waals surface area contributed by atoms with E-state index in [9.17, 15) is 9.59 Å². The summed E-state index contributed by atoms with van der Waals surface area (Å²) in [7, 11) is 0. The standard InChI is InChI=1S/C6H10BrIN2O2/c1-6(8,5(9)12)10-4(11)2-3-7/h2-3H2,1H3,(H2,9,12)(H,10,11). The Morgan fingerprint density at radius 3 is 2.50 bits per heavy atom. The van der Waals surface area contributed by atoms with Gasteiger partial charge in [-0.1, -0.05) is 15.9 Å². The molecule has 2 amide bonds. The molecule has 4 nitrogen and oxygen atoms in total. The molecule has 0 aromatic heterocycles. The zero-order valence-corrected chi connectivity index (χ0v) is 10.3. The predicted octanol–water partition coefficient (Wildman–Crippen LogP) is 0.524. The fourth-order valence-electron chi connectivity index (χ4n) is 0.472. The van der Waals surface area contributed by atoms with Gasteiger partial charge in [0.15, 0.2) is 3.55 Å². The van der Waals surface area contributed by atoms with Crippen LogP contribution in [0.4, 0.5) is 0 Å². The van der Waals surface area contributed by atoms with Crippen LogP contribution in [0.5, 0.6) is 0 Å². The van der Waals surface area contributed by atoms with E-state index < -0.39 is 9.45 Å². The zero-order chi connectivity index (χ0) is 9.78. The van der Waals surface area contributed by atoms with Crippen LogP contribution in [0.1, 0.15) is 13.3 Å². The minimum Gasteiger partial charge on any atom is -0.367 e. The molecule has 0 aliphatic rings. The van der Waals surface area contributed by atoms with Crippen molar-refractivity contribution in [2.45, 2.75) is 16.9 Å². The maximum absolute atomic E-state index is 11.0. The fraction of sp³-hybridized carbons (Fsp3) is 0.667. The third-order valence-corrected chi connectivity index (χ3v) is 2.36. The van der Waals surface area contributed by atoms with Gasteiger partial charge in [-0.15, -0.1) is 0 Å². The van der Waals surface area contributed by atoms with Gasteiger partial charge in [0.05, 0.1) is 0 Å². The van der Waals surface area contributed by atoms with Gasteiger partial charge in [0.1, 0.15) is 0 Å². The van der Waals surface area contributed by atoms with E-state index in [1.165, 1.54) is 0 Å². The van der Waals surface area contributed by atoms with Crippen molar-refractivity contribution in [1.29, 1.82) is 0 Å². The molecule has 0 bridgehead atoms. The first-order valence-electron chi connectivity index (χ1n) is 3.26. The number of carbonyl (C=O) groups is 2. The molecule has 0 rings (SSSR count). The second-order valence-corrected chi connectivity index (χ2v) is 5.30. The topological polar surface area (TPSA) is 72.2 Å². The van der Waals surface area contributed by atoms with Crippen LogP contribution in [0.2, 0.25) is 0 Å². The lowest BCUT2D eigenvalue weighted by Gasteiger charge is -2.19. The summed E-state index contributed by atoms with van der Waals surface area (Å²) in [5.41, 5.74) is 5.04. The van der Waals surface area contributed by atoms with E-state index in [0.29, 0.717) is 11.8 Å². The lowest BCUT2D eigenvalue weighted by molar-refractivity contribution is -0.127. The first-order valence-corrected chi connectivity index (χ1v) is 5.46. The smallest absolute Gasteiger partial charge is 0.253 e. The van der Waals surface area contributed by atoms with Crippen LogP contribution in [-0.4, -0.2) is 20.7 Å². The van der Waals surface area contributed by atoms with Gasteiger partial charge in [-0.05, 0) is 29.5 Å². The molecule has 0 fully saturated rings. The minimum absolute atomic E-state index is 0.192. The quantitative estimate of drug-likeness (QED) is 0.442. The van der Waals surface area contributed by atoms with E-state index in [4.69, 9.17) is 5.73 Å². The zero-order valence-electron chi connectivity index (χ0n) is 6.56. The van der Waals surface area contributed by atoms with E-state index in [-0.39, 0.29) is 5.91 Å². The van der Waals surface area contributed by atoms with Gasteiger partial charge in [-0.25, -0.2) is 0 Å². The number of amides is 2. The van der Waals surface area contributed by atoms with Crippen molar-refractivity contribution in [3.63, 3.8) is 0 Å². The number of carbonyl (C=O) groups excluding carboxylic acids is 2. The molecule has 0 aliphatic heterocycles. The number of hydrogen-bond acceptors (Lipinski definition) is 2. The van der Waals surface area contributed by atoms with Crippen LogP contribution in [0.3, 0.4) is 0 Å². The lowest BCUT2D eigenvalue weighted by Crippen LogP contribution is -2.50. The monoisotopic (exact) mass is 348 g/mol. The van der Waals surface area contributed by atoms with Crippen LogP contribution >= 0.6 is 38.5 Å². The normalized spacial score (nSPS) is 14.9. The van der Waals surface area contributed by atoms with Crippen molar-refractivity contribution in [3.8, 4) is 0 Å². The van der Waals surface area contributed by atoms with Gasteiger partial charge in [0.25, 0.3) is 5.91 Å². The number of primary amides is 1. The Kier molecular flexibility index (Phi) is 5.07. The van der Waals surface area contributed by atoms with Crippen molar-refractivity contribution in [1.82, 2.24) is 5.32 Å². The molecular weight excluding hydrogens is 339 g/mol. The Hall–Kier alpha value is 0.150. The molecule has 70 valence electrons. The molecule has 12 heavy (non-hydrogen) atoms. The number of hydrogen-bond donors (Lipinski definition) is 2. The van der Waals surface area contributed by atoms with Crippen LogP contribution in [0.15, 0.2) is 0 Å². The Morgan fingerprint density at radius 1 is 1.67 bits per heavy atom. The number of nitrogens with two attached hydrogens (primary N) is 1. The fourth-order valence-corrected chi connectivity index (χ4v) is 1.13. The maximum atomic E-state index is 11.0. The Labute approximate surface area is 92.9 Å². The average Bonchev–Trinajstić information content (AvgIpc) is 1.85. The lowest BCUT2D eigenvalue weighted by atomic mass is 10.3. The van der Waals surface area contributed by atoms with Gasteiger partial charge in [-0.2, -0.15) is 0 Å². The summed E-state index contributed by atoms with van der Waals surface area (Å²) in [5, 5.41) is 3.07. The van der Waals surface area contributed by atoms with Crippen molar-refractivity contribution >= 4 is 50.3 Å². The van der Waals surface area contributed by atoms with Crippen LogP contribution < -0.4 is 11.1 Å². The molecule has 0 radical (unpaired) electrons. The van der Waals surface area contributed by atoms with Gasteiger partial charge in [0.2, 0.25) is 5.91 Å². The largest absolute Gasteiger partial charge is 0.367 e. The maximum Gasteiger partial charge on any atom is 0.253 e. The summed E-state index contributed by atoms with van der Waals surface area (Å²) < 4.78 is -0.989. The molecule has 0 aromatic carbocycles. The molecule has 0 saturated heterocycles. The Balaban J connectivity index is 4.06. The van der Waals surface area contributed by atoms with Gasteiger partial charge in [-0.3, -0.25) is 9.59 Å². The summed E-state index contributed by atoms with van der Waals surface area (Å²) in [6.07, 6.45) is 0.339. The summed E-state index contributed by atoms with van der Waals surface area (Å²) in [6, 6.07) is 0. The summed E-state index contributed by atoms with van der Waals surface area (Å²) in [4.78, 5) is 21.8. The molecule has 0 aliphatic carbocycles. The van der Waals surface area contributed by atoms with Crippen LogP contribution in [0, 0.1) is 0 Å². The molecule has 1 atom stereocenters. The SMILES string of the molecule is CC(I)(NC(=O)CCBr)C(N)=O. The predicted molar refractivity (Wildman–Crippen MR) is 58.2 cm³/mol. The van der Waals surface area contributed by atoms with Gasteiger partial charge < -0.3 is 11.1 Å². The molecule has 0 aromatic rings. The average molecular weight is 349 g/mol. The summed E-state index contributed by atoms with van der Waals surface area (Å²) in [6.45, 7) is 1.56. The van der Waals surface area contributed by atoms with Crippen molar-refractivity contribution in [3.05, 3.63) is 0 Å².